The fourth-order valence-corrected chi connectivity index (χ4v) is 2.24. The summed E-state index contributed by atoms with van der Waals surface area (Å²) in [5.74, 6) is -0.456. The van der Waals surface area contributed by atoms with Gasteiger partial charge in [-0.2, -0.15) is 5.10 Å². The molecule has 2 rings (SSSR count). The Balaban J connectivity index is 2.30. The second-order valence-electron chi connectivity index (χ2n) is 3.79. The molecule has 1 amide bonds. The van der Waals surface area contributed by atoms with Gasteiger partial charge in [0.25, 0.3) is 5.91 Å². The first-order valence-electron chi connectivity index (χ1n) is 5.17. The highest BCUT2D eigenvalue weighted by Gasteiger charge is 2.17. The maximum absolute atomic E-state index is 12.0. The van der Waals surface area contributed by atoms with Crippen LogP contribution in [0.2, 0.25) is 10.0 Å². The van der Waals surface area contributed by atoms with Crippen molar-refractivity contribution in [2.45, 2.75) is 6.92 Å². The molecule has 100 valence electrons. The van der Waals surface area contributed by atoms with Crippen LogP contribution in [0.15, 0.2) is 16.6 Å². The predicted octanol–water partition coefficient (Wildman–Crippen LogP) is 3.62. The van der Waals surface area contributed by atoms with Crippen LogP contribution < -0.4 is 11.1 Å². The fraction of sp³-hybridized carbons (Fsp3) is 0.0909. The average molecular weight is 364 g/mol. The van der Waals surface area contributed by atoms with Crippen LogP contribution in [0.1, 0.15) is 16.2 Å². The second kappa shape index (κ2) is 5.40. The molecule has 19 heavy (non-hydrogen) atoms. The summed E-state index contributed by atoms with van der Waals surface area (Å²) in [6, 6.07) is 3.31. The number of H-pyrrole nitrogens is 1. The quantitative estimate of drug-likeness (QED) is 0.712. The molecule has 1 aromatic heterocycles. The molecule has 0 bridgehead atoms. The number of hydrogen-bond acceptors (Lipinski definition) is 3. The molecule has 0 unspecified atom stereocenters. The Bertz CT molecular complexity index is 656. The molecule has 5 nitrogen and oxygen atoms in total. The number of aryl methyl sites for hydroxylation is 1. The number of aromatic amines is 1. The molecule has 2 aromatic rings. The molecule has 0 atom stereocenters. The third-order valence-electron chi connectivity index (χ3n) is 2.49. The van der Waals surface area contributed by atoms with Gasteiger partial charge in [-0.1, -0.05) is 23.2 Å². The third kappa shape index (κ3) is 2.70. The zero-order valence-electron chi connectivity index (χ0n) is 9.72. The van der Waals surface area contributed by atoms with Gasteiger partial charge in [-0.15, -0.1) is 0 Å². The van der Waals surface area contributed by atoms with Gasteiger partial charge in [0.2, 0.25) is 0 Å². The summed E-state index contributed by atoms with van der Waals surface area (Å²) in [7, 11) is 0. The number of nitrogens with zero attached hydrogens (tertiary/aromatic N) is 1. The molecule has 0 saturated heterocycles. The number of carbonyl (C=O) groups excluding carboxylic acids is 1. The lowest BCUT2D eigenvalue weighted by atomic mass is 10.2. The summed E-state index contributed by atoms with van der Waals surface area (Å²) in [6.45, 7) is 1.72. The van der Waals surface area contributed by atoms with Crippen LogP contribution in [0, 0.1) is 6.92 Å². The van der Waals surface area contributed by atoms with E-state index in [-0.39, 0.29) is 10.7 Å². The highest BCUT2D eigenvalue weighted by Crippen LogP contribution is 2.36. The number of anilines is 2. The van der Waals surface area contributed by atoms with Crippen molar-refractivity contribution in [1.29, 1.82) is 0 Å². The van der Waals surface area contributed by atoms with Crippen LogP contribution in [0.4, 0.5) is 11.4 Å². The molecular weight excluding hydrogens is 355 g/mol. The smallest absolute Gasteiger partial charge is 0.278 e. The second-order valence-corrected chi connectivity index (χ2v) is 5.40. The van der Waals surface area contributed by atoms with Gasteiger partial charge in [-0.25, -0.2) is 0 Å². The van der Waals surface area contributed by atoms with Gasteiger partial charge in [-0.05, 0) is 35.0 Å². The molecule has 0 aliphatic heterocycles. The van der Waals surface area contributed by atoms with Crippen molar-refractivity contribution in [1.82, 2.24) is 10.2 Å². The Labute approximate surface area is 127 Å². The van der Waals surface area contributed by atoms with E-state index in [0.29, 0.717) is 26.6 Å². The molecule has 0 fully saturated rings. The highest BCUT2D eigenvalue weighted by molar-refractivity contribution is 9.10. The first-order valence-corrected chi connectivity index (χ1v) is 6.72. The molecule has 0 spiro atoms. The number of nitrogens with one attached hydrogen (secondary N) is 2. The van der Waals surface area contributed by atoms with Gasteiger partial charge < -0.3 is 11.1 Å². The van der Waals surface area contributed by atoms with E-state index in [2.05, 4.69) is 31.4 Å². The number of amides is 1. The number of nitrogen functional groups attached to an aromatic ring is 1. The molecule has 0 aliphatic carbocycles. The van der Waals surface area contributed by atoms with Crippen molar-refractivity contribution in [3.63, 3.8) is 0 Å². The van der Waals surface area contributed by atoms with Crippen LogP contribution in [-0.4, -0.2) is 16.1 Å². The minimum atomic E-state index is -0.456. The summed E-state index contributed by atoms with van der Waals surface area (Å²) >= 11 is 15.2. The number of benzene rings is 1. The molecular formula is C11H9BrCl2N4O. The monoisotopic (exact) mass is 362 g/mol. The summed E-state index contributed by atoms with van der Waals surface area (Å²) in [5.41, 5.74) is 7.17. The van der Waals surface area contributed by atoms with Crippen LogP contribution in [0.5, 0.6) is 0 Å². The lowest BCUT2D eigenvalue weighted by Crippen LogP contribution is -2.14. The van der Waals surface area contributed by atoms with Crippen LogP contribution in [-0.2, 0) is 0 Å². The van der Waals surface area contributed by atoms with Crippen LogP contribution >= 0.6 is 39.1 Å². The Morgan fingerprint density at radius 1 is 1.42 bits per heavy atom. The van der Waals surface area contributed by atoms with E-state index >= 15 is 0 Å². The van der Waals surface area contributed by atoms with E-state index in [4.69, 9.17) is 28.9 Å². The summed E-state index contributed by atoms with van der Waals surface area (Å²) in [6.07, 6.45) is 0. The highest BCUT2D eigenvalue weighted by atomic mass is 79.9. The van der Waals surface area contributed by atoms with Gasteiger partial charge in [0.15, 0.2) is 5.69 Å². The van der Waals surface area contributed by atoms with Crippen LogP contribution in [0.3, 0.4) is 0 Å². The van der Waals surface area contributed by atoms with E-state index in [1.54, 1.807) is 19.1 Å². The lowest BCUT2D eigenvalue weighted by molar-refractivity contribution is 0.102. The SMILES string of the molecule is Cc1[nH]nc(C(=O)Nc2ccc(Br)c(Cl)c2Cl)c1N. The number of aromatic nitrogens is 2. The summed E-state index contributed by atoms with van der Waals surface area (Å²) in [5, 5.41) is 9.65. The standard InChI is InChI=1S/C11H9BrCl2N4O/c1-4-9(15)10(18-17-4)11(19)16-6-3-2-5(12)7(13)8(6)14/h2-3H,15H2,1H3,(H,16,19)(H,17,18). The van der Waals surface area contributed by atoms with Crippen molar-refractivity contribution in [2.24, 2.45) is 0 Å². The Hall–Kier alpha value is -1.24. The van der Waals surface area contributed by atoms with Gasteiger partial charge >= 0.3 is 0 Å². The molecule has 1 heterocycles. The number of rotatable bonds is 2. The van der Waals surface area contributed by atoms with Crippen molar-refractivity contribution in [3.05, 3.63) is 38.0 Å². The topological polar surface area (TPSA) is 83.8 Å². The number of halogens is 3. The Morgan fingerprint density at radius 3 is 2.68 bits per heavy atom. The van der Waals surface area contributed by atoms with Crippen molar-refractivity contribution in [3.8, 4) is 0 Å². The van der Waals surface area contributed by atoms with E-state index in [1.807, 2.05) is 0 Å². The third-order valence-corrected chi connectivity index (χ3v) is 4.26. The maximum atomic E-state index is 12.0. The first-order chi connectivity index (χ1) is 8.91. The number of nitrogens with two attached hydrogens (primary N) is 1. The average Bonchev–Trinajstić information content (AvgIpc) is 2.71. The Kier molecular flexibility index (Phi) is 4.03. The summed E-state index contributed by atoms with van der Waals surface area (Å²) < 4.78 is 0.646. The minimum absolute atomic E-state index is 0.118. The van der Waals surface area contributed by atoms with E-state index < -0.39 is 5.91 Å². The molecule has 0 aliphatic rings. The molecule has 1 aromatic carbocycles. The predicted molar refractivity (Wildman–Crippen MR) is 79.9 cm³/mol. The molecule has 0 radical (unpaired) electrons. The van der Waals surface area contributed by atoms with Gasteiger partial charge in [0.05, 0.1) is 27.1 Å². The normalized spacial score (nSPS) is 10.5. The van der Waals surface area contributed by atoms with E-state index in [9.17, 15) is 4.79 Å². The number of hydrogen-bond donors (Lipinski definition) is 3. The van der Waals surface area contributed by atoms with Crippen molar-refractivity contribution >= 4 is 56.4 Å². The zero-order chi connectivity index (χ0) is 14.2. The van der Waals surface area contributed by atoms with Gasteiger partial charge in [0, 0.05) is 4.47 Å². The van der Waals surface area contributed by atoms with Gasteiger partial charge in [0.1, 0.15) is 0 Å². The zero-order valence-corrected chi connectivity index (χ0v) is 12.8. The van der Waals surface area contributed by atoms with E-state index in [0.717, 1.165) is 0 Å². The maximum Gasteiger partial charge on any atom is 0.278 e. The Morgan fingerprint density at radius 2 is 2.11 bits per heavy atom. The molecule has 8 heteroatoms. The van der Waals surface area contributed by atoms with Crippen LogP contribution in [0.25, 0.3) is 0 Å². The fourth-order valence-electron chi connectivity index (χ4n) is 1.41. The van der Waals surface area contributed by atoms with Crippen molar-refractivity contribution in [2.75, 3.05) is 11.1 Å². The molecule has 0 saturated carbocycles. The minimum Gasteiger partial charge on any atom is -0.395 e. The van der Waals surface area contributed by atoms with Crippen molar-refractivity contribution < 1.29 is 4.79 Å². The first kappa shape index (κ1) is 14.2. The number of carbonyl (C=O) groups is 1. The van der Waals surface area contributed by atoms with E-state index in [1.165, 1.54) is 0 Å². The molecule has 4 N–H and O–H groups in total. The largest absolute Gasteiger partial charge is 0.395 e. The summed E-state index contributed by atoms with van der Waals surface area (Å²) in [4.78, 5) is 12.0. The van der Waals surface area contributed by atoms with Gasteiger partial charge in [-0.3, -0.25) is 9.89 Å². The lowest BCUT2D eigenvalue weighted by Gasteiger charge is -2.08.